The van der Waals surface area contributed by atoms with Gasteiger partial charge in [0.05, 0.1) is 14.8 Å². The van der Waals surface area contributed by atoms with Crippen molar-refractivity contribution in [2.45, 2.75) is 0 Å². The molecule has 0 amide bonds. The molecule has 0 saturated carbocycles. The summed E-state index contributed by atoms with van der Waals surface area (Å²) in [4.78, 5) is 0.896. The lowest BCUT2D eigenvalue weighted by atomic mass is 10.0. The van der Waals surface area contributed by atoms with Crippen molar-refractivity contribution in [2.24, 2.45) is 0 Å². The average Bonchev–Trinajstić information content (AvgIpc) is 3.17. The van der Waals surface area contributed by atoms with Crippen molar-refractivity contribution < 1.29 is 14.0 Å². The van der Waals surface area contributed by atoms with Gasteiger partial charge in [-0.15, -0.1) is 11.3 Å². The number of anilines is 1. The molecule has 5 nitrogen and oxygen atoms in total. The Kier molecular flexibility index (Phi) is 2.80. The van der Waals surface area contributed by atoms with Crippen LogP contribution in [0.4, 0.5) is 5.88 Å². The molecule has 7 heteroatoms. The van der Waals surface area contributed by atoms with Crippen LogP contribution in [-0.4, -0.2) is 11.9 Å². The van der Waals surface area contributed by atoms with Crippen molar-refractivity contribution in [3.8, 4) is 33.2 Å². The van der Waals surface area contributed by atoms with E-state index >= 15 is 0 Å². The number of benzene rings is 1. The molecule has 3 heterocycles. The van der Waals surface area contributed by atoms with Gasteiger partial charge in [-0.3, -0.25) is 0 Å². The standard InChI is InChI=1S/C14H9ClN2O3S/c15-11-4-3-10(21-11)13-12(14(16)20-17-13)7-1-2-8-9(5-7)19-6-18-8/h1-5H,6,16H2. The number of thiophene rings is 1. The first-order valence-electron chi connectivity index (χ1n) is 6.13. The molecular formula is C14H9ClN2O3S. The molecule has 106 valence electrons. The highest BCUT2D eigenvalue weighted by atomic mass is 35.5. The van der Waals surface area contributed by atoms with Crippen LogP contribution in [0.2, 0.25) is 4.34 Å². The summed E-state index contributed by atoms with van der Waals surface area (Å²) in [6, 6.07) is 9.31. The van der Waals surface area contributed by atoms with Crippen LogP contribution in [0, 0.1) is 0 Å². The first-order chi connectivity index (χ1) is 10.2. The molecule has 0 atom stereocenters. The molecule has 0 radical (unpaired) electrons. The number of fused-ring (bicyclic) bond motifs is 1. The van der Waals surface area contributed by atoms with E-state index in [1.807, 2.05) is 30.3 Å². The Morgan fingerprint density at radius 3 is 2.81 bits per heavy atom. The third kappa shape index (κ3) is 2.03. The summed E-state index contributed by atoms with van der Waals surface area (Å²) in [5, 5.41) is 4.05. The Morgan fingerprint density at radius 2 is 2.00 bits per heavy atom. The Morgan fingerprint density at radius 1 is 1.14 bits per heavy atom. The summed E-state index contributed by atoms with van der Waals surface area (Å²) in [5.74, 6) is 1.66. The third-order valence-electron chi connectivity index (χ3n) is 3.19. The van der Waals surface area contributed by atoms with Crippen LogP contribution in [0.1, 0.15) is 0 Å². The van der Waals surface area contributed by atoms with E-state index in [1.54, 1.807) is 0 Å². The zero-order chi connectivity index (χ0) is 14.4. The minimum absolute atomic E-state index is 0.227. The van der Waals surface area contributed by atoms with Gasteiger partial charge in [-0.2, -0.15) is 0 Å². The molecule has 1 aliphatic rings. The number of nitrogens with two attached hydrogens (primary N) is 1. The van der Waals surface area contributed by atoms with Gasteiger partial charge in [-0.25, -0.2) is 0 Å². The molecule has 21 heavy (non-hydrogen) atoms. The molecule has 3 aromatic rings. The van der Waals surface area contributed by atoms with Crippen LogP contribution in [-0.2, 0) is 0 Å². The van der Waals surface area contributed by atoms with Gasteiger partial charge in [-0.05, 0) is 29.8 Å². The monoisotopic (exact) mass is 320 g/mol. The highest BCUT2D eigenvalue weighted by Crippen LogP contribution is 2.43. The van der Waals surface area contributed by atoms with Gasteiger partial charge >= 0.3 is 0 Å². The minimum Gasteiger partial charge on any atom is -0.454 e. The maximum atomic E-state index is 5.98. The number of nitrogens with zero attached hydrogens (tertiary/aromatic N) is 1. The lowest BCUT2D eigenvalue weighted by molar-refractivity contribution is 0.174. The first-order valence-corrected chi connectivity index (χ1v) is 7.32. The van der Waals surface area contributed by atoms with E-state index in [0.29, 0.717) is 15.8 Å². The highest BCUT2D eigenvalue weighted by Gasteiger charge is 2.21. The Balaban J connectivity index is 1.87. The van der Waals surface area contributed by atoms with Gasteiger partial charge in [0.15, 0.2) is 11.5 Å². The molecule has 4 rings (SSSR count). The molecule has 0 spiro atoms. The van der Waals surface area contributed by atoms with E-state index in [0.717, 1.165) is 21.8 Å². The Labute approximate surface area is 128 Å². The SMILES string of the molecule is Nc1onc(-c2ccc(Cl)s2)c1-c1ccc2c(c1)OCO2. The maximum absolute atomic E-state index is 5.98. The van der Waals surface area contributed by atoms with E-state index < -0.39 is 0 Å². The molecule has 2 aromatic heterocycles. The Bertz CT molecular complexity index is 827. The predicted octanol–water partition coefficient (Wildman–Crippen LogP) is 4.03. The van der Waals surface area contributed by atoms with Crippen LogP contribution in [0.5, 0.6) is 11.5 Å². The number of hydrogen-bond acceptors (Lipinski definition) is 6. The number of halogens is 1. The molecule has 0 bridgehead atoms. The van der Waals surface area contributed by atoms with Crippen LogP contribution in [0.3, 0.4) is 0 Å². The second-order valence-electron chi connectivity index (χ2n) is 4.44. The van der Waals surface area contributed by atoms with Gasteiger partial charge < -0.3 is 19.7 Å². The van der Waals surface area contributed by atoms with Crippen molar-refractivity contribution >= 4 is 28.8 Å². The predicted molar refractivity (Wildman–Crippen MR) is 80.8 cm³/mol. The van der Waals surface area contributed by atoms with E-state index in [-0.39, 0.29) is 12.7 Å². The van der Waals surface area contributed by atoms with Gasteiger partial charge in [0, 0.05) is 0 Å². The fraction of sp³-hybridized carbons (Fsp3) is 0.0714. The second kappa shape index (κ2) is 4.68. The van der Waals surface area contributed by atoms with Crippen LogP contribution < -0.4 is 15.2 Å². The molecule has 0 aliphatic carbocycles. The summed E-state index contributed by atoms with van der Waals surface area (Å²) in [7, 11) is 0. The van der Waals surface area contributed by atoms with Crippen LogP contribution in [0.15, 0.2) is 34.9 Å². The van der Waals surface area contributed by atoms with Crippen LogP contribution >= 0.6 is 22.9 Å². The molecule has 1 aromatic carbocycles. The summed E-state index contributed by atoms with van der Waals surface area (Å²) in [6.45, 7) is 0.227. The minimum atomic E-state index is 0.227. The maximum Gasteiger partial charge on any atom is 0.231 e. The zero-order valence-corrected chi connectivity index (χ0v) is 12.2. The van der Waals surface area contributed by atoms with Crippen LogP contribution in [0.25, 0.3) is 21.7 Å². The fourth-order valence-electron chi connectivity index (χ4n) is 2.24. The summed E-state index contributed by atoms with van der Waals surface area (Å²) in [5.41, 5.74) is 8.19. The summed E-state index contributed by atoms with van der Waals surface area (Å²) < 4.78 is 16.5. The van der Waals surface area contributed by atoms with E-state index in [1.165, 1.54) is 11.3 Å². The molecule has 1 aliphatic heterocycles. The highest BCUT2D eigenvalue weighted by molar-refractivity contribution is 7.19. The Hall–Kier alpha value is -2.18. The van der Waals surface area contributed by atoms with Crippen molar-refractivity contribution in [1.82, 2.24) is 5.16 Å². The van der Waals surface area contributed by atoms with Crippen molar-refractivity contribution in [1.29, 1.82) is 0 Å². The zero-order valence-electron chi connectivity index (χ0n) is 10.6. The van der Waals surface area contributed by atoms with Gasteiger partial charge in [0.25, 0.3) is 0 Å². The lowest BCUT2D eigenvalue weighted by Crippen LogP contribution is -1.92. The van der Waals surface area contributed by atoms with E-state index in [9.17, 15) is 0 Å². The molecule has 0 saturated heterocycles. The van der Waals surface area contributed by atoms with E-state index in [4.69, 9.17) is 31.3 Å². The summed E-state index contributed by atoms with van der Waals surface area (Å²) >= 11 is 7.40. The molecule has 0 unspecified atom stereocenters. The normalized spacial score (nSPS) is 12.8. The quantitative estimate of drug-likeness (QED) is 0.771. The van der Waals surface area contributed by atoms with Crippen molar-refractivity contribution in [2.75, 3.05) is 12.5 Å². The van der Waals surface area contributed by atoms with E-state index in [2.05, 4.69) is 5.16 Å². The van der Waals surface area contributed by atoms with Crippen molar-refractivity contribution in [3.63, 3.8) is 0 Å². The average molecular weight is 321 g/mol. The van der Waals surface area contributed by atoms with Gasteiger partial charge in [0.1, 0.15) is 5.69 Å². The summed E-state index contributed by atoms with van der Waals surface area (Å²) in [6.07, 6.45) is 0. The first kappa shape index (κ1) is 12.6. The third-order valence-corrected chi connectivity index (χ3v) is 4.42. The fourth-order valence-corrected chi connectivity index (χ4v) is 3.27. The number of ether oxygens (including phenoxy) is 2. The number of nitrogen functional groups attached to an aromatic ring is 1. The van der Waals surface area contributed by atoms with Gasteiger partial charge in [0.2, 0.25) is 12.7 Å². The molecule has 0 fully saturated rings. The number of aromatic nitrogens is 1. The number of rotatable bonds is 2. The molecular weight excluding hydrogens is 312 g/mol. The van der Waals surface area contributed by atoms with Gasteiger partial charge in [-0.1, -0.05) is 22.8 Å². The smallest absolute Gasteiger partial charge is 0.231 e. The largest absolute Gasteiger partial charge is 0.454 e. The molecule has 2 N–H and O–H groups in total. The number of hydrogen-bond donors (Lipinski definition) is 1. The topological polar surface area (TPSA) is 70.5 Å². The second-order valence-corrected chi connectivity index (χ2v) is 6.16. The van der Waals surface area contributed by atoms with Crippen molar-refractivity contribution in [3.05, 3.63) is 34.7 Å². The lowest BCUT2D eigenvalue weighted by Gasteiger charge is -2.03.